The molecule has 0 aromatic rings. The number of aliphatic hydroxyl groups excluding tert-OH is 1. The zero-order chi connectivity index (χ0) is 14.7. The van der Waals surface area contributed by atoms with Crippen LogP contribution in [0.5, 0.6) is 0 Å². The Hall–Kier alpha value is -0.886. The summed E-state index contributed by atoms with van der Waals surface area (Å²) < 4.78 is 0. The monoisotopic (exact) mass is 330 g/mol. The molecule has 11 heteroatoms. The molecule has 1 atom stereocenters. The van der Waals surface area contributed by atoms with Gasteiger partial charge in [-0.3, -0.25) is 4.79 Å². The molecular formula is C7H11B2N2O6Y. The summed E-state index contributed by atoms with van der Waals surface area (Å²) >= 11 is 0. The fourth-order valence-corrected chi connectivity index (χ4v) is 0.0929. The van der Waals surface area contributed by atoms with E-state index in [2.05, 4.69) is 18.5 Å². The van der Waals surface area contributed by atoms with Gasteiger partial charge < -0.3 is 35.2 Å². The van der Waals surface area contributed by atoms with E-state index in [1.165, 1.54) is 19.9 Å². The van der Waals surface area contributed by atoms with Crippen molar-refractivity contribution < 1.29 is 62.1 Å². The second kappa shape index (κ2) is 36.0. The van der Waals surface area contributed by atoms with E-state index in [1.54, 1.807) is 6.92 Å². The Balaban J connectivity index is -0.0000000424. The van der Waals surface area contributed by atoms with Crippen molar-refractivity contribution >= 4 is 40.9 Å². The number of amides is 2. The molecular weight excluding hydrogens is 319 g/mol. The van der Waals surface area contributed by atoms with E-state index >= 15 is 0 Å². The largest absolute Gasteiger partial charge is 3.00 e. The Morgan fingerprint density at radius 3 is 1.50 bits per heavy atom. The summed E-state index contributed by atoms with van der Waals surface area (Å²) in [7, 11) is 10.6. The second-order valence-corrected chi connectivity index (χ2v) is 1.82. The van der Waals surface area contributed by atoms with E-state index < -0.39 is 5.87 Å². The minimum atomic E-state index is -1.33. The van der Waals surface area contributed by atoms with Crippen molar-refractivity contribution in [2.75, 3.05) is 7.05 Å². The van der Waals surface area contributed by atoms with Crippen molar-refractivity contribution in [2.45, 2.75) is 12.9 Å². The Labute approximate surface area is 133 Å². The van der Waals surface area contributed by atoms with Crippen LogP contribution in [0.15, 0.2) is 0 Å². The molecule has 1 unspecified atom stereocenters. The summed E-state index contributed by atoms with van der Waals surface area (Å²) in [4.78, 5) is 35.3. The van der Waals surface area contributed by atoms with E-state index in [0.29, 0.717) is 6.47 Å². The molecule has 18 heavy (non-hydrogen) atoms. The molecule has 4 radical (unpaired) electrons. The summed E-state index contributed by atoms with van der Waals surface area (Å²) in [5, 5.41) is 18.3. The number of rotatable bonds is 3. The van der Waals surface area contributed by atoms with E-state index in [-0.39, 0.29) is 38.7 Å². The van der Waals surface area contributed by atoms with Gasteiger partial charge in [-0.1, -0.05) is 13.4 Å². The van der Waals surface area contributed by atoms with Crippen LogP contribution in [0.1, 0.15) is 6.92 Å². The van der Waals surface area contributed by atoms with Crippen LogP contribution in [-0.2, 0) is 47.1 Å². The number of carbonyl (C=O) groups is 1. The quantitative estimate of drug-likeness (QED) is 0.266. The molecule has 0 bridgehead atoms. The van der Waals surface area contributed by atoms with Crippen LogP contribution in [0.3, 0.4) is 0 Å². The Kier molecular flexibility index (Phi) is 60.5. The first-order valence-electron chi connectivity index (χ1n) is 3.75. The number of nitrogens with one attached hydrogen (secondary N) is 2. The fourth-order valence-electron chi connectivity index (χ4n) is 0.0929. The van der Waals surface area contributed by atoms with Crippen molar-refractivity contribution in [1.29, 1.82) is 0 Å². The van der Waals surface area contributed by atoms with E-state index in [4.69, 9.17) is 32.4 Å². The van der Waals surface area contributed by atoms with E-state index in [9.17, 15) is 4.79 Å². The van der Waals surface area contributed by atoms with Crippen LogP contribution >= 0.6 is 0 Å². The van der Waals surface area contributed by atoms with Gasteiger partial charge in [0.1, 0.15) is 0 Å². The first kappa shape index (κ1) is 30.3. The van der Waals surface area contributed by atoms with Gasteiger partial charge in [0.25, 0.3) is 0 Å². The summed E-state index contributed by atoms with van der Waals surface area (Å²) in [5.74, 6) is -1.61. The van der Waals surface area contributed by atoms with Crippen molar-refractivity contribution in [3.8, 4) is 0 Å². The van der Waals surface area contributed by atoms with Crippen LogP contribution < -0.4 is 10.6 Å². The maximum Gasteiger partial charge on any atom is 3.00 e. The molecule has 0 rings (SSSR count). The Morgan fingerprint density at radius 2 is 1.50 bits per heavy atom. The summed E-state index contributed by atoms with van der Waals surface area (Å²) in [6.45, 7) is 2.16. The molecule has 4 N–H and O–H groups in total. The number of hydrogen-bond donors (Lipinski definition) is 4. The minimum Gasteiger partial charge on any atom is -0.665 e. The van der Waals surface area contributed by atoms with Crippen LogP contribution in [0.4, 0.5) is 4.79 Å². The van der Waals surface area contributed by atoms with E-state index in [0.717, 1.165) is 0 Å². The summed E-state index contributed by atoms with van der Waals surface area (Å²) in [6, 6.07) is 0. The summed E-state index contributed by atoms with van der Waals surface area (Å²) in [5.41, 5.74) is 0. The van der Waals surface area contributed by atoms with Gasteiger partial charge in [-0.25, -0.2) is 0 Å². The van der Waals surface area contributed by atoms with Gasteiger partial charge in [0.15, 0.2) is 0 Å². The number of carboxylic acid groups (broad SMARTS) is 1. The predicted molar refractivity (Wildman–Crippen MR) is 60.9 cm³/mol. The minimum absolute atomic E-state index is 0. The predicted octanol–water partition coefficient (Wildman–Crippen LogP) is -2.13. The average Bonchev–Trinajstić information content (AvgIpc) is 2.18. The molecule has 0 heterocycles. The molecule has 8 nitrogen and oxygen atoms in total. The zero-order valence-electron chi connectivity index (χ0n) is 9.84. The molecule has 2 amide bonds. The van der Waals surface area contributed by atoms with Crippen molar-refractivity contribution in [3.63, 3.8) is 0 Å². The van der Waals surface area contributed by atoms with Crippen molar-refractivity contribution in [3.05, 3.63) is 0 Å². The van der Waals surface area contributed by atoms with Gasteiger partial charge in [0, 0.05) is 0 Å². The maximum atomic E-state index is 9.30. The molecule has 0 fully saturated rings. The summed E-state index contributed by atoms with van der Waals surface area (Å²) in [6.07, 6.45) is 2.87. The second-order valence-electron chi connectivity index (χ2n) is 1.82. The third-order valence-corrected chi connectivity index (χ3v) is 0.389. The van der Waals surface area contributed by atoms with Gasteiger partial charge in [0.05, 0.1) is 7.85 Å². The first-order valence-corrected chi connectivity index (χ1v) is 3.75. The first-order chi connectivity index (χ1) is 7.83. The molecule has 0 aliphatic carbocycles. The maximum absolute atomic E-state index is 9.30. The van der Waals surface area contributed by atoms with Gasteiger partial charge >= 0.3 is 32.7 Å². The van der Waals surface area contributed by atoms with Crippen molar-refractivity contribution in [1.82, 2.24) is 10.6 Å². The van der Waals surface area contributed by atoms with Crippen molar-refractivity contribution in [2.24, 2.45) is 0 Å². The van der Waals surface area contributed by atoms with Crippen LogP contribution in [-0.4, -0.2) is 64.1 Å². The molecule has 0 saturated heterocycles. The SMILES string of the molecule is CN[C-]=O.O=[C-]O.[B]C(=O)O.[B]C(C)N[C-]=O.[Y+3]. The van der Waals surface area contributed by atoms with Crippen LogP contribution in [0.2, 0.25) is 0 Å². The van der Waals surface area contributed by atoms with E-state index in [1.807, 2.05) is 0 Å². The molecule has 0 saturated carbocycles. The third-order valence-electron chi connectivity index (χ3n) is 0.389. The standard InChI is InChI=1S/C3H5BNO.C2H4NO.CHBO2.CHO2.Y/c1-3(4)5-2-6;1-3-2-4;2-1(3)4;2-1-3;/h3H,1H3,(H,5,6);1H3,(H,3,4);(H,3,4);(H,2,3);/q2*-1;;-1;+3. The molecule has 0 spiro atoms. The molecule has 94 valence electrons. The Morgan fingerprint density at radius 1 is 1.28 bits per heavy atom. The van der Waals surface area contributed by atoms with Crippen LogP contribution in [0.25, 0.3) is 0 Å². The number of carbonyl (C=O) groups excluding carboxylic acids is 2. The van der Waals surface area contributed by atoms with Crippen LogP contribution in [0, 0.1) is 0 Å². The fraction of sp³-hybridized carbons (Fsp3) is 0.429. The zero-order valence-corrected chi connectivity index (χ0v) is 12.7. The Bertz CT molecular complexity index is 193. The topological polar surface area (TPSA) is 133 Å². The molecule has 0 aromatic carbocycles. The van der Waals surface area contributed by atoms with Gasteiger partial charge in [-0.15, -0.1) is 0 Å². The smallest absolute Gasteiger partial charge is 0.665 e. The molecule has 0 aliphatic heterocycles. The number of hydrogen-bond acceptors (Lipinski definition) is 4. The third kappa shape index (κ3) is 311. The van der Waals surface area contributed by atoms with Gasteiger partial charge in [-0.2, -0.15) is 12.8 Å². The molecule has 0 aromatic heterocycles. The average molecular weight is 330 g/mol. The molecule has 0 aliphatic rings. The normalized spacial score (nSPS) is 7.44. The van der Waals surface area contributed by atoms with Gasteiger partial charge in [-0.05, 0) is 13.0 Å². The van der Waals surface area contributed by atoms with Gasteiger partial charge in [0.2, 0.25) is 13.7 Å².